The Morgan fingerprint density at radius 3 is 2.65 bits per heavy atom. The molecular weight excluding hydrogens is 230 g/mol. The molecule has 0 aliphatic carbocycles. The molecule has 17 heavy (non-hydrogen) atoms. The van der Waals surface area contributed by atoms with Gasteiger partial charge in [0.1, 0.15) is 6.07 Å². The van der Waals surface area contributed by atoms with Crippen molar-refractivity contribution < 1.29 is 0 Å². The maximum Gasteiger partial charge on any atom is 0.102 e. The van der Waals surface area contributed by atoms with E-state index in [0.717, 1.165) is 10.6 Å². The van der Waals surface area contributed by atoms with Gasteiger partial charge in [-0.05, 0) is 24.3 Å². The molecule has 0 aliphatic heterocycles. The Balaban J connectivity index is 3.02. The van der Waals surface area contributed by atoms with Gasteiger partial charge in [0.25, 0.3) is 0 Å². The molecule has 0 radical (unpaired) electrons. The van der Waals surface area contributed by atoms with Gasteiger partial charge in [-0.1, -0.05) is 19.9 Å². The highest BCUT2D eigenvalue weighted by atomic mass is 32.2. The summed E-state index contributed by atoms with van der Waals surface area (Å²) in [5.74, 6) is 0.435. The van der Waals surface area contributed by atoms with Crippen LogP contribution in [0.5, 0.6) is 0 Å². The van der Waals surface area contributed by atoms with Gasteiger partial charge < -0.3 is 11.1 Å². The lowest BCUT2D eigenvalue weighted by Gasteiger charge is -2.22. The van der Waals surface area contributed by atoms with Gasteiger partial charge in [0.2, 0.25) is 0 Å². The molecule has 3 nitrogen and oxygen atoms in total. The molecule has 92 valence electrons. The second-order valence-corrected chi connectivity index (χ2v) is 5.07. The zero-order valence-electron chi connectivity index (χ0n) is 10.5. The van der Waals surface area contributed by atoms with Crippen LogP contribution in [0.25, 0.3) is 0 Å². The van der Waals surface area contributed by atoms with Gasteiger partial charge in [-0.25, -0.2) is 0 Å². The Bertz CT molecular complexity index is 410. The highest BCUT2D eigenvalue weighted by molar-refractivity contribution is 7.98. The van der Waals surface area contributed by atoms with E-state index < -0.39 is 0 Å². The fourth-order valence-electron chi connectivity index (χ4n) is 1.63. The van der Waals surface area contributed by atoms with Crippen LogP contribution in [0.4, 0.5) is 5.69 Å². The number of hydrogen-bond donors (Lipinski definition) is 2. The number of rotatable bonds is 5. The minimum absolute atomic E-state index is 0.194. The smallest absolute Gasteiger partial charge is 0.102 e. The summed E-state index contributed by atoms with van der Waals surface area (Å²) in [6.45, 7) is 4.80. The molecule has 0 fully saturated rings. The molecule has 0 spiro atoms. The highest BCUT2D eigenvalue weighted by Gasteiger charge is 2.14. The van der Waals surface area contributed by atoms with Crippen molar-refractivity contribution in [2.24, 2.45) is 11.7 Å². The first-order valence-electron chi connectivity index (χ1n) is 5.67. The van der Waals surface area contributed by atoms with E-state index >= 15 is 0 Å². The Hall–Kier alpha value is -1.18. The van der Waals surface area contributed by atoms with Crippen molar-refractivity contribution in [1.82, 2.24) is 0 Å². The Morgan fingerprint density at radius 2 is 2.18 bits per heavy atom. The normalized spacial score (nSPS) is 12.2. The van der Waals surface area contributed by atoms with E-state index in [0.29, 0.717) is 18.0 Å². The zero-order valence-corrected chi connectivity index (χ0v) is 11.3. The minimum atomic E-state index is 0.194. The van der Waals surface area contributed by atoms with Crippen LogP contribution in [0.1, 0.15) is 19.4 Å². The van der Waals surface area contributed by atoms with Crippen LogP contribution in [-0.4, -0.2) is 18.8 Å². The van der Waals surface area contributed by atoms with Gasteiger partial charge >= 0.3 is 0 Å². The van der Waals surface area contributed by atoms with E-state index in [9.17, 15) is 5.26 Å². The molecule has 1 atom stereocenters. The summed E-state index contributed by atoms with van der Waals surface area (Å²) in [5.41, 5.74) is 7.32. The van der Waals surface area contributed by atoms with Crippen LogP contribution in [0.3, 0.4) is 0 Å². The molecule has 4 heteroatoms. The molecule has 0 amide bonds. The summed E-state index contributed by atoms with van der Waals surface area (Å²) in [6, 6.07) is 8.31. The first-order chi connectivity index (χ1) is 8.13. The van der Waals surface area contributed by atoms with Gasteiger partial charge in [0, 0.05) is 17.5 Å². The third kappa shape index (κ3) is 3.39. The van der Waals surface area contributed by atoms with Crippen molar-refractivity contribution in [1.29, 1.82) is 5.26 Å². The molecule has 0 heterocycles. The fourth-order valence-corrected chi connectivity index (χ4v) is 2.21. The van der Waals surface area contributed by atoms with Gasteiger partial charge in [0.05, 0.1) is 11.3 Å². The molecule has 1 unspecified atom stereocenters. The quantitative estimate of drug-likeness (QED) is 0.788. The molecule has 0 bridgehead atoms. The summed E-state index contributed by atoms with van der Waals surface area (Å²) in [5, 5.41) is 12.6. The van der Waals surface area contributed by atoms with Crippen LogP contribution in [0.2, 0.25) is 0 Å². The Kier molecular flexibility index (Phi) is 5.33. The molecule has 0 saturated carbocycles. The molecule has 0 aliphatic rings. The third-order valence-electron chi connectivity index (χ3n) is 2.76. The first-order valence-corrected chi connectivity index (χ1v) is 6.90. The minimum Gasteiger partial charge on any atom is -0.380 e. The highest BCUT2D eigenvalue weighted by Crippen LogP contribution is 2.27. The lowest BCUT2D eigenvalue weighted by Crippen LogP contribution is -2.33. The molecule has 0 aromatic heterocycles. The van der Waals surface area contributed by atoms with Crippen LogP contribution < -0.4 is 11.1 Å². The molecule has 1 aromatic rings. The van der Waals surface area contributed by atoms with Crippen molar-refractivity contribution in [2.75, 3.05) is 18.1 Å². The van der Waals surface area contributed by atoms with Crippen LogP contribution in [0.15, 0.2) is 23.1 Å². The zero-order chi connectivity index (χ0) is 12.8. The summed E-state index contributed by atoms with van der Waals surface area (Å²) in [6.07, 6.45) is 1.98. The largest absolute Gasteiger partial charge is 0.380 e. The van der Waals surface area contributed by atoms with Crippen LogP contribution >= 0.6 is 11.8 Å². The Labute approximate surface area is 107 Å². The van der Waals surface area contributed by atoms with Crippen molar-refractivity contribution in [2.45, 2.75) is 24.8 Å². The van der Waals surface area contributed by atoms with Crippen molar-refractivity contribution in [3.63, 3.8) is 0 Å². The lowest BCUT2D eigenvalue weighted by atomic mass is 10.0. The number of nitriles is 1. The van der Waals surface area contributed by atoms with Crippen molar-refractivity contribution in [3.05, 3.63) is 23.8 Å². The molecule has 1 rings (SSSR count). The van der Waals surface area contributed by atoms with Gasteiger partial charge in [0.15, 0.2) is 0 Å². The number of anilines is 1. The fraction of sp³-hybridized carbons (Fsp3) is 0.462. The maximum absolute atomic E-state index is 9.22. The van der Waals surface area contributed by atoms with Crippen molar-refractivity contribution in [3.8, 4) is 6.07 Å². The topological polar surface area (TPSA) is 61.8 Å². The SMILES string of the molecule is CSc1cccc(NC(CN)C(C)C)c1C#N. The predicted molar refractivity (Wildman–Crippen MR) is 74.2 cm³/mol. The second kappa shape index (κ2) is 6.53. The number of nitrogens with two attached hydrogens (primary N) is 1. The summed E-state index contributed by atoms with van der Waals surface area (Å²) >= 11 is 1.58. The van der Waals surface area contributed by atoms with Gasteiger partial charge in [-0.15, -0.1) is 11.8 Å². The van der Waals surface area contributed by atoms with Crippen LogP contribution in [-0.2, 0) is 0 Å². The second-order valence-electron chi connectivity index (χ2n) is 4.23. The number of thioether (sulfide) groups is 1. The lowest BCUT2D eigenvalue weighted by molar-refractivity contribution is 0.531. The first kappa shape index (κ1) is 13.9. The summed E-state index contributed by atoms with van der Waals surface area (Å²) < 4.78 is 0. The average Bonchev–Trinajstić information content (AvgIpc) is 2.34. The van der Waals surface area contributed by atoms with E-state index in [-0.39, 0.29) is 6.04 Å². The number of nitrogens with zero attached hydrogens (tertiary/aromatic N) is 1. The van der Waals surface area contributed by atoms with Gasteiger partial charge in [-0.3, -0.25) is 0 Å². The monoisotopic (exact) mass is 249 g/mol. The molecule has 1 aromatic carbocycles. The molecule has 0 saturated heterocycles. The summed E-state index contributed by atoms with van der Waals surface area (Å²) in [4.78, 5) is 0.997. The number of nitrogens with one attached hydrogen (secondary N) is 1. The van der Waals surface area contributed by atoms with E-state index in [1.807, 2.05) is 24.5 Å². The van der Waals surface area contributed by atoms with E-state index in [4.69, 9.17) is 5.73 Å². The van der Waals surface area contributed by atoms with Gasteiger partial charge in [-0.2, -0.15) is 5.26 Å². The number of benzene rings is 1. The molecule has 3 N–H and O–H groups in total. The number of hydrogen-bond acceptors (Lipinski definition) is 4. The summed E-state index contributed by atoms with van der Waals surface area (Å²) in [7, 11) is 0. The third-order valence-corrected chi connectivity index (χ3v) is 3.54. The maximum atomic E-state index is 9.22. The van der Waals surface area contributed by atoms with E-state index in [1.54, 1.807) is 11.8 Å². The van der Waals surface area contributed by atoms with Crippen molar-refractivity contribution >= 4 is 17.4 Å². The van der Waals surface area contributed by atoms with E-state index in [2.05, 4.69) is 25.2 Å². The average molecular weight is 249 g/mol. The van der Waals surface area contributed by atoms with Crippen LogP contribution in [0, 0.1) is 17.2 Å². The molecular formula is C13H19N3S. The van der Waals surface area contributed by atoms with E-state index in [1.165, 1.54) is 0 Å². The predicted octanol–water partition coefficient (Wildman–Crippen LogP) is 2.68. The Morgan fingerprint density at radius 1 is 1.47 bits per heavy atom. The standard InChI is InChI=1S/C13H19N3S/c1-9(2)12(8-15)16-11-5-4-6-13(17-3)10(11)7-14/h4-6,9,12,16H,8,15H2,1-3H3.